The number of para-hydroxylation sites is 1. The van der Waals surface area contributed by atoms with Crippen molar-refractivity contribution in [3.8, 4) is 0 Å². The van der Waals surface area contributed by atoms with Gasteiger partial charge in [-0.1, -0.05) is 24.3 Å². The summed E-state index contributed by atoms with van der Waals surface area (Å²) in [5.41, 5.74) is 1.05. The molecule has 1 amide bonds. The molecule has 9 heteroatoms. The topological polar surface area (TPSA) is 54.8 Å². The quantitative estimate of drug-likeness (QED) is 0.575. The lowest BCUT2D eigenvalue weighted by Gasteiger charge is -2.36. The fraction of sp³-hybridized carbons (Fsp3) is 0.304. The number of carbonyl (C=O) groups excluding carboxylic acids is 2. The highest BCUT2D eigenvalue weighted by molar-refractivity contribution is 6.04. The molecule has 1 aliphatic heterocycles. The largest absolute Gasteiger partial charge is 0.452 e. The minimum Gasteiger partial charge on any atom is -0.452 e. The van der Waals surface area contributed by atoms with E-state index in [0.29, 0.717) is 37.4 Å². The summed E-state index contributed by atoms with van der Waals surface area (Å²) in [5, 5.41) is 0.752. The molecule has 0 saturated carbocycles. The molecule has 1 aromatic heterocycles. The van der Waals surface area contributed by atoms with Gasteiger partial charge in [0.25, 0.3) is 5.91 Å². The smallest absolute Gasteiger partial charge is 0.416 e. The number of esters is 1. The molecule has 0 radical (unpaired) electrons. The molecule has 0 spiro atoms. The van der Waals surface area contributed by atoms with Gasteiger partial charge in [-0.2, -0.15) is 13.2 Å². The van der Waals surface area contributed by atoms with Crippen molar-refractivity contribution in [3.63, 3.8) is 0 Å². The average Bonchev–Trinajstić information content (AvgIpc) is 3.14. The molecule has 2 heterocycles. The van der Waals surface area contributed by atoms with Gasteiger partial charge in [-0.25, -0.2) is 4.79 Å². The van der Waals surface area contributed by atoms with Crippen LogP contribution in [0.4, 0.5) is 18.9 Å². The zero-order chi connectivity index (χ0) is 22.9. The summed E-state index contributed by atoms with van der Waals surface area (Å²) >= 11 is 0. The van der Waals surface area contributed by atoms with Crippen LogP contribution in [0.1, 0.15) is 15.9 Å². The zero-order valence-corrected chi connectivity index (χ0v) is 17.4. The van der Waals surface area contributed by atoms with Gasteiger partial charge in [0.1, 0.15) is 0 Å². The van der Waals surface area contributed by atoms with Crippen molar-refractivity contribution in [2.75, 3.05) is 37.7 Å². The highest BCUT2D eigenvalue weighted by Crippen LogP contribution is 2.32. The van der Waals surface area contributed by atoms with Gasteiger partial charge in [0.2, 0.25) is 0 Å². The van der Waals surface area contributed by atoms with Gasteiger partial charge in [-0.3, -0.25) is 4.79 Å². The summed E-state index contributed by atoms with van der Waals surface area (Å²) < 4.78 is 45.9. The number of fused-ring (bicyclic) bond motifs is 1. The fourth-order valence-electron chi connectivity index (χ4n) is 3.89. The van der Waals surface area contributed by atoms with Crippen molar-refractivity contribution in [1.82, 2.24) is 9.47 Å². The van der Waals surface area contributed by atoms with E-state index in [0.717, 1.165) is 23.0 Å². The first kappa shape index (κ1) is 21.7. The molecule has 1 aliphatic rings. The van der Waals surface area contributed by atoms with Gasteiger partial charge in [0.15, 0.2) is 6.61 Å². The number of halogens is 3. The molecule has 0 N–H and O–H groups in total. The Morgan fingerprint density at radius 3 is 2.44 bits per heavy atom. The van der Waals surface area contributed by atoms with Crippen molar-refractivity contribution in [2.24, 2.45) is 7.05 Å². The van der Waals surface area contributed by atoms with Crippen LogP contribution in [0.25, 0.3) is 10.9 Å². The number of aryl methyl sites for hydroxylation is 1. The molecule has 0 unspecified atom stereocenters. The third-order valence-electron chi connectivity index (χ3n) is 5.61. The normalized spacial score (nSPS) is 14.6. The second-order valence-corrected chi connectivity index (χ2v) is 7.66. The number of aromatic nitrogens is 1. The number of alkyl halides is 3. The van der Waals surface area contributed by atoms with E-state index in [2.05, 4.69) is 0 Å². The maximum absolute atomic E-state index is 12.9. The predicted octanol–water partition coefficient (Wildman–Crippen LogP) is 3.70. The maximum atomic E-state index is 12.9. The summed E-state index contributed by atoms with van der Waals surface area (Å²) in [6.07, 6.45) is -2.73. The van der Waals surface area contributed by atoms with Crippen molar-refractivity contribution < 1.29 is 27.5 Å². The maximum Gasteiger partial charge on any atom is 0.416 e. The van der Waals surface area contributed by atoms with Crippen LogP contribution in [0.2, 0.25) is 0 Å². The fourth-order valence-corrected chi connectivity index (χ4v) is 3.89. The summed E-state index contributed by atoms with van der Waals surface area (Å²) in [7, 11) is 1.83. The van der Waals surface area contributed by atoms with Crippen molar-refractivity contribution in [2.45, 2.75) is 6.18 Å². The van der Waals surface area contributed by atoms with E-state index in [1.807, 2.05) is 35.9 Å². The molecule has 6 nitrogen and oxygen atoms in total. The van der Waals surface area contributed by atoms with Crippen LogP contribution < -0.4 is 4.90 Å². The van der Waals surface area contributed by atoms with Crippen LogP contribution in [-0.4, -0.2) is 54.1 Å². The Kier molecular flexibility index (Phi) is 5.82. The van der Waals surface area contributed by atoms with Gasteiger partial charge in [0, 0.05) is 56.0 Å². The SMILES string of the molecule is Cn1cc(C(=O)OCC(=O)N2CCN(c3cccc(C(F)(F)F)c3)CC2)c2ccccc21. The monoisotopic (exact) mass is 445 g/mol. The summed E-state index contributed by atoms with van der Waals surface area (Å²) in [5.74, 6) is -0.903. The molecule has 3 aromatic rings. The summed E-state index contributed by atoms with van der Waals surface area (Å²) in [4.78, 5) is 28.4. The van der Waals surface area contributed by atoms with Crippen molar-refractivity contribution in [1.29, 1.82) is 0 Å². The van der Waals surface area contributed by atoms with Crippen LogP contribution in [0, 0.1) is 0 Å². The third kappa shape index (κ3) is 4.42. The Hall–Kier alpha value is -3.49. The number of hydrogen-bond acceptors (Lipinski definition) is 4. The highest BCUT2D eigenvalue weighted by atomic mass is 19.4. The molecule has 32 heavy (non-hydrogen) atoms. The van der Waals surface area contributed by atoms with Gasteiger partial charge in [-0.15, -0.1) is 0 Å². The first-order valence-corrected chi connectivity index (χ1v) is 10.2. The standard InChI is InChI=1S/C23H22F3N3O3/c1-27-14-19(18-7-2-3-8-20(18)27)22(31)32-15-21(30)29-11-9-28(10-12-29)17-6-4-5-16(13-17)23(24,25)26/h2-8,13-14H,9-12,15H2,1H3. The molecular weight excluding hydrogens is 423 g/mol. The van der Waals surface area contributed by atoms with Crippen molar-refractivity contribution in [3.05, 3.63) is 65.9 Å². The van der Waals surface area contributed by atoms with E-state index in [-0.39, 0.29) is 12.5 Å². The van der Waals surface area contributed by atoms with E-state index < -0.39 is 17.7 Å². The van der Waals surface area contributed by atoms with E-state index in [1.165, 1.54) is 6.07 Å². The Morgan fingerprint density at radius 1 is 1.00 bits per heavy atom. The number of amides is 1. The molecule has 2 aromatic carbocycles. The first-order chi connectivity index (χ1) is 15.2. The third-order valence-corrected chi connectivity index (χ3v) is 5.61. The van der Waals surface area contributed by atoms with E-state index in [9.17, 15) is 22.8 Å². The Balaban J connectivity index is 1.33. The molecule has 4 rings (SSSR count). The second kappa shape index (κ2) is 8.57. The molecule has 1 fully saturated rings. The summed E-state index contributed by atoms with van der Waals surface area (Å²) in [6.45, 7) is 1.07. The Bertz CT molecular complexity index is 1150. The molecule has 0 atom stereocenters. The van der Waals surface area contributed by atoms with Gasteiger partial charge in [-0.05, 0) is 24.3 Å². The van der Waals surface area contributed by atoms with E-state index in [1.54, 1.807) is 22.1 Å². The lowest BCUT2D eigenvalue weighted by Crippen LogP contribution is -2.50. The minimum absolute atomic E-state index is 0.331. The molecule has 0 aliphatic carbocycles. The number of hydrogen-bond donors (Lipinski definition) is 0. The number of carbonyl (C=O) groups is 2. The van der Waals surface area contributed by atoms with Crippen LogP contribution >= 0.6 is 0 Å². The van der Waals surface area contributed by atoms with Gasteiger partial charge in [0.05, 0.1) is 11.1 Å². The van der Waals surface area contributed by atoms with Gasteiger partial charge >= 0.3 is 12.1 Å². The van der Waals surface area contributed by atoms with E-state index >= 15 is 0 Å². The number of benzene rings is 2. The lowest BCUT2D eigenvalue weighted by atomic mass is 10.1. The van der Waals surface area contributed by atoms with Crippen molar-refractivity contribution >= 4 is 28.5 Å². The number of nitrogens with zero attached hydrogens (tertiary/aromatic N) is 3. The zero-order valence-electron chi connectivity index (χ0n) is 17.4. The molecule has 168 valence electrons. The molecular formula is C23H22F3N3O3. The predicted molar refractivity (Wildman–Crippen MR) is 113 cm³/mol. The van der Waals surface area contributed by atoms with Crippen LogP contribution in [0.3, 0.4) is 0 Å². The van der Waals surface area contributed by atoms with Crippen LogP contribution in [0.15, 0.2) is 54.7 Å². The average molecular weight is 445 g/mol. The number of anilines is 1. The highest BCUT2D eigenvalue weighted by Gasteiger charge is 2.31. The Morgan fingerprint density at radius 2 is 1.72 bits per heavy atom. The summed E-state index contributed by atoms with van der Waals surface area (Å²) in [6, 6.07) is 12.6. The second-order valence-electron chi connectivity index (χ2n) is 7.66. The number of piperazine rings is 1. The number of ether oxygens (including phenoxy) is 1. The lowest BCUT2D eigenvalue weighted by molar-refractivity contribution is -0.137. The first-order valence-electron chi connectivity index (χ1n) is 10.2. The van der Waals surface area contributed by atoms with Gasteiger partial charge < -0.3 is 19.1 Å². The number of rotatable bonds is 4. The molecule has 0 bridgehead atoms. The minimum atomic E-state index is -4.40. The molecule has 1 saturated heterocycles. The Labute approximate surface area is 182 Å². The van der Waals surface area contributed by atoms with E-state index in [4.69, 9.17) is 4.74 Å². The van der Waals surface area contributed by atoms with Crippen LogP contribution in [-0.2, 0) is 22.8 Å². The van der Waals surface area contributed by atoms with Crippen LogP contribution in [0.5, 0.6) is 0 Å².